The molecule has 246 valence electrons. The summed E-state index contributed by atoms with van der Waals surface area (Å²) < 4.78 is 22.0. The van der Waals surface area contributed by atoms with Gasteiger partial charge in [-0.2, -0.15) is 4.98 Å². The number of likely N-dealkylation sites (tertiary alicyclic amines) is 1. The first-order valence-corrected chi connectivity index (χ1v) is 16.6. The Kier molecular flexibility index (Phi) is 10.8. The first-order valence-electron chi connectivity index (χ1n) is 16.2. The van der Waals surface area contributed by atoms with Crippen LogP contribution < -0.4 is 17.2 Å². The van der Waals surface area contributed by atoms with Gasteiger partial charge in [0.05, 0.1) is 23.0 Å². The number of hydrogen-bond acceptors (Lipinski definition) is 6. The first kappa shape index (κ1) is 33.6. The van der Waals surface area contributed by atoms with E-state index in [2.05, 4.69) is 40.8 Å². The maximum absolute atomic E-state index is 15.2. The van der Waals surface area contributed by atoms with Gasteiger partial charge < -0.3 is 21.2 Å². The molecule has 3 heterocycles. The van der Waals surface area contributed by atoms with Crippen LogP contribution in [-0.4, -0.2) is 50.7 Å². The van der Waals surface area contributed by atoms with Gasteiger partial charge in [-0.25, -0.2) is 9.18 Å². The van der Waals surface area contributed by atoms with E-state index in [0.717, 1.165) is 57.1 Å². The summed E-state index contributed by atoms with van der Waals surface area (Å²) >= 11 is 6.28. The van der Waals surface area contributed by atoms with Gasteiger partial charge in [0.25, 0.3) is 6.02 Å². The Hall–Kier alpha value is -3.73. The van der Waals surface area contributed by atoms with Crippen molar-refractivity contribution < 1.29 is 9.13 Å². The Morgan fingerprint density at radius 1 is 1.20 bits per heavy atom. The second kappa shape index (κ2) is 14.8. The van der Waals surface area contributed by atoms with Gasteiger partial charge in [-0.05, 0) is 99.2 Å². The van der Waals surface area contributed by atoms with Crippen LogP contribution in [0.2, 0.25) is 5.02 Å². The van der Waals surface area contributed by atoms with Crippen LogP contribution in [0.3, 0.4) is 0 Å². The molecule has 1 saturated heterocycles. The molecule has 9 nitrogen and oxygen atoms in total. The third-order valence-corrected chi connectivity index (χ3v) is 9.01. The maximum atomic E-state index is 15.2. The van der Waals surface area contributed by atoms with Gasteiger partial charge in [0, 0.05) is 41.8 Å². The molecular weight excluding hydrogens is 605 g/mol. The highest BCUT2D eigenvalue weighted by molar-refractivity contribution is 6.31. The molecule has 0 unspecified atom stereocenters. The van der Waals surface area contributed by atoms with Crippen LogP contribution in [0.4, 0.5) is 4.39 Å². The standard InChI is InChI=1S/C35H45ClFN7O2/c1-21(2)19-43-26(14-15-46-34(39)40)8-5-9-31(43)24-10-12-27(13-11-24)44-20-25-18-30(41-33(25)42-35(44)45)28-16-23(7-4-6-22(3)38)17-29(36)32(28)37/h10-13,16-18,20-22,26,31H,4-9,14-15,19,38H2,1-3H3,(H3,39,40)(H,41,42,45)/t22-,26-,31-/m0/s1. The van der Waals surface area contributed by atoms with E-state index in [1.807, 2.05) is 19.1 Å². The third kappa shape index (κ3) is 7.97. The van der Waals surface area contributed by atoms with E-state index in [9.17, 15) is 4.79 Å². The number of fused-ring (bicyclic) bond motifs is 1. The second-order valence-electron chi connectivity index (χ2n) is 13.0. The number of nitrogens with two attached hydrogens (primary N) is 2. The molecule has 0 bridgehead atoms. The van der Waals surface area contributed by atoms with Crippen molar-refractivity contribution in [2.24, 2.45) is 17.4 Å². The molecule has 5 rings (SSSR count). The molecule has 0 amide bonds. The fraction of sp³-hybridized carbons (Fsp3) is 0.457. The highest BCUT2D eigenvalue weighted by Crippen LogP contribution is 2.37. The molecule has 6 N–H and O–H groups in total. The Bertz CT molecular complexity index is 1720. The van der Waals surface area contributed by atoms with E-state index in [0.29, 0.717) is 46.5 Å². The van der Waals surface area contributed by atoms with Gasteiger partial charge in [0.1, 0.15) is 5.65 Å². The number of H-pyrrole nitrogens is 1. The Morgan fingerprint density at radius 2 is 1.96 bits per heavy atom. The van der Waals surface area contributed by atoms with Gasteiger partial charge in [-0.3, -0.25) is 14.9 Å². The van der Waals surface area contributed by atoms with Crippen LogP contribution in [0, 0.1) is 17.1 Å². The molecule has 0 aliphatic carbocycles. The fourth-order valence-electron chi connectivity index (χ4n) is 6.60. The zero-order chi connectivity index (χ0) is 33.0. The maximum Gasteiger partial charge on any atom is 0.354 e. The lowest BCUT2D eigenvalue weighted by atomic mass is 9.88. The van der Waals surface area contributed by atoms with Crippen LogP contribution in [0.5, 0.6) is 0 Å². The number of benzene rings is 2. The SMILES string of the molecule is CC(C)CN1[C@H](CCOC(=N)N)CCC[C@H]1c1ccc(-n2cc3cc(-c4cc(CCC[C@H](C)N)cc(Cl)c4F)[nH]c3nc2=O)cc1. The molecule has 11 heteroatoms. The molecule has 0 radical (unpaired) electrons. The summed E-state index contributed by atoms with van der Waals surface area (Å²) in [6.45, 7) is 7.80. The lowest BCUT2D eigenvalue weighted by Gasteiger charge is -2.43. The second-order valence-corrected chi connectivity index (χ2v) is 13.4. The molecule has 3 atom stereocenters. The Labute approximate surface area is 274 Å². The number of piperidine rings is 1. The molecule has 2 aromatic carbocycles. The number of aromatic amines is 1. The monoisotopic (exact) mass is 649 g/mol. The van der Waals surface area contributed by atoms with Crippen molar-refractivity contribution in [2.45, 2.75) is 83.8 Å². The van der Waals surface area contributed by atoms with Crippen LogP contribution in [0.25, 0.3) is 28.0 Å². The van der Waals surface area contributed by atoms with Crippen molar-refractivity contribution in [3.8, 4) is 16.9 Å². The molecular formula is C35H45ClFN7O2. The Balaban J connectivity index is 1.39. The summed E-state index contributed by atoms with van der Waals surface area (Å²) in [6.07, 6.45) is 8.25. The molecule has 1 aliphatic heterocycles. The van der Waals surface area contributed by atoms with E-state index in [4.69, 9.17) is 33.2 Å². The highest BCUT2D eigenvalue weighted by atomic mass is 35.5. The lowest BCUT2D eigenvalue weighted by Crippen LogP contribution is -2.44. The predicted octanol–water partition coefficient (Wildman–Crippen LogP) is 6.69. The van der Waals surface area contributed by atoms with Crippen molar-refractivity contribution in [2.75, 3.05) is 13.2 Å². The van der Waals surface area contributed by atoms with Crippen LogP contribution >= 0.6 is 11.6 Å². The van der Waals surface area contributed by atoms with Crippen LogP contribution in [0.1, 0.15) is 76.5 Å². The average Bonchev–Trinajstić information content (AvgIpc) is 3.41. The lowest BCUT2D eigenvalue weighted by molar-refractivity contribution is 0.0550. The van der Waals surface area contributed by atoms with Crippen molar-refractivity contribution in [1.82, 2.24) is 19.4 Å². The zero-order valence-electron chi connectivity index (χ0n) is 26.9. The van der Waals surface area contributed by atoms with Gasteiger partial charge in [0.15, 0.2) is 5.82 Å². The van der Waals surface area contributed by atoms with E-state index < -0.39 is 11.5 Å². The topological polar surface area (TPSA) is 139 Å². The van der Waals surface area contributed by atoms with E-state index >= 15 is 4.39 Å². The first-order chi connectivity index (χ1) is 22.0. The number of rotatable bonds is 12. The molecule has 1 aliphatic rings. The minimum Gasteiger partial charge on any atom is -0.466 e. The summed E-state index contributed by atoms with van der Waals surface area (Å²) in [5.41, 5.74) is 14.9. The quantitative estimate of drug-likeness (QED) is 0.0996. The highest BCUT2D eigenvalue weighted by Gasteiger charge is 2.32. The molecule has 46 heavy (non-hydrogen) atoms. The number of aryl methyl sites for hydroxylation is 1. The number of nitrogens with one attached hydrogen (secondary N) is 2. The van der Waals surface area contributed by atoms with E-state index in [1.54, 1.807) is 24.4 Å². The van der Waals surface area contributed by atoms with Crippen molar-refractivity contribution in [3.63, 3.8) is 0 Å². The minimum absolute atomic E-state index is 0.0558. The van der Waals surface area contributed by atoms with Gasteiger partial charge in [-0.1, -0.05) is 37.6 Å². The fourth-order valence-corrected chi connectivity index (χ4v) is 6.84. The van der Waals surface area contributed by atoms with Gasteiger partial charge in [-0.15, -0.1) is 0 Å². The molecule has 1 fully saturated rings. The van der Waals surface area contributed by atoms with E-state index in [1.165, 1.54) is 10.1 Å². The molecule has 2 aromatic heterocycles. The van der Waals surface area contributed by atoms with Crippen molar-refractivity contribution in [3.05, 3.63) is 81.1 Å². The number of amidine groups is 1. The number of aromatic nitrogens is 3. The largest absolute Gasteiger partial charge is 0.466 e. The number of halogens is 2. The Morgan fingerprint density at radius 3 is 2.65 bits per heavy atom. The van der Waals surface area contributed by atoms with Gasteiger partial charge in [0.2, 0.25) is 0 Å². The molecule has 0 saturated carbocycles. The average molecular weight is 650 g/mol. The number of nitrogens with zero attached hydrogens (tertiary/aromatic N) is 3. The summed E-state index contributed by atoms with van der Waals surface area (Å²) in [5.74, 6) is -0.0245. The van der Waals surface area contributed by atoms with Crippen LogP contribution in [0.15, 0.2) is 53.5 Å². The normalized spacial score (nSPS) is 17.9. The summed E-state index contributed by atoms with van der Waals surface area (Å²) in [4.78, 5) is 23.1. The molecule has 4 aromatic rings. The third-order valence-electron chi connectivity index (χ3n) is 8.74. The summed E-state index contributed by atoms with van der Waals surface area (Å²) in [5, 5.41) is 8.12. The predicted molar refractivity (Wildman–Crippen MR) is 183 cm³/mol. The number of hydrogen-bond donors (Lipinski definition) is 4. The number of ether oxygens (including phenoxy) is 1. The zero-order valence-corrected chi connectivity index (χ0v) is 27.6. The summed E-state index contributed by atoms with van der Waals surface area (Å²) in [7, 11) is 0. The smallest absolute Gasteiger partial charge is 0.354 e. The summed E-state index contributed by atoms with van der Waals surface area (Å²) in [6, 6.07) is 13.8. The van der Waals surface area contributed by atoms with Gasteiger partial charge >= 0.3 is 5.69 Å². The minimum atomic E-state index is -0.516. The van der Waals surface area contributed by atoms with Crippen molar-refractivity contribution >= 4 is 28.7 Å². The van der Waals surface area contributed by atoms with Crippen LogP contribution in [-0.2, 0) is 11.2 Å². The van der Waals surface area contributed by atoms with Crippen molar-refractivity contribution in [1.29, 1.82) is 5.41 Å². The van der Waals surface area contributed by atoms with E-state index in [-0.39, 0.29) is 23.1 Å². The molecule has 0 spiro atoms.